The molecule has 3 heterocycles. The van der Waals surface area contributed by atoms with Crippen LogP contribution in [-0.4, -0.2) is 25.0 Å². The van der Waals surface area contributed by atoms with Crippen LogP contribution in [0.2, 0.25) is 10.0 Å². The van der Waals surface area contributed by atoms with Gasteiger partial charge in [0.2, 0.25) is 5.89 Å². The Hall–Kier alpha value is -2.13. The maximum Gasteiger partial charge on any atom is 0.257 e. The van der Waals surface area contributed by atoms with Crippen LogP contribution in [-0.2, 0) is 6.54 Å². The standard InChI is InChI=1S/C19H15Cl2N5OS2/c1-3-8-26-16(13-7-6-12(20)10-14(13)21)22-25-19(26)29-11(2)17-23-24-18(27-17)15-5-4-9-28-15/h3-7,9-11H,1,8H2,2H3. The minimum absolute atomic E-state index is 0.113. The zero-order chi connectivity index (χ0) is 20.4. The largest absolute Gasteiger partial charge is 0.419 e. The average molecular weight is 464 g/mol. The summed E-state index contributed by atoms with van der Waals surface area (Å²) in [4.78, 5) is 0.940. The van der Waals surface area contributed by atoms with Gasteiger partial charge >= 0.3 is 0 Å². The fourth-order valence-corrected chi connectivity index (χ4v) is 4.67. The van der Waals surface area contributed by atoms with E-state index in [9.17, 15) is 0 Å². The Morgan fingerprint density at radius 2 is 2.10 bits per heavy atom. The van der Waals surface area contributed by atoms with Crippen LogP contribution in [0.3, 0.4) is 0 Å². The molecule has 0 fully saturated rings. The first-order chi connectivity index (χ1) is 14.1. The van der Waals surface area contributed by atoms with E-state index in [2.05, 4.69) is 27.0 Å². The van der Waals surface area contributed by atoms with Crippen LogP contribution in [0.1, 0.15) is 18.1 Å². The Morgan fingerprint density at radius 1 is 1.24 bits per heavy atom. The van der Waals surface area contributed by atoms with Crippen LogP contribution >= 0.6 is 46.3 Å². The van der Waals surface area contributed by atoms with Gasteiger partial charge in [-0.15, -0.1) is 38.3 Å². The van der Waals surface area contributed by atoms with Crippen LogP contribution in [0, 0.1) is 0 Å². The summed E-state index contributed by atoms with van der Waals surface area (Å²) in [6.45, 7) is 6.35. The zero-order valence-electron chi connectivity index (χ0n) is 15.2. The van der Waals surface area contributed by atoms with Gasteiger partial charge in [-0.3, -0.25) is 4.57 Å². The number of hydrogen-bond donors (Lipinski definition) is 0. The van der Waals surface area contributed by atoms with E-state index >= 15 is 0 Å². The average Bonchev–Trinajstić information content (AvgIpc) is 3.43. The molecule has 0 radical (unpaired) electrons. The second-order valence-corrected chi connectivity index (χ2v) is 9.11. The highest BCUT2D eigenvalue weighted by Gasteiger charge is 2.22. The van der Waals surface area contributed by atoms with Crippen molar-refractivity contribution < 1.29 is 4.42 Å². The van der Waals surface area contributed by atoms with Gasteiger partial charge in [0, 0.05) is 17.1 Å². The zero-order valence-corrected chi connectivity index (χ0v) is 18.4. The lowest BCUT2D eigenvalue weighted by molar-refractivity contribution is 0.509. The van der Waals surface area contributed by atoms with E-state index in [0.717, 1.165) is 10.4 Å². The van der Waals surface area contributed by atoms with Crippen LogP contribution in [0.25, 0.3) is 22.2 Å². The van der Waals surface area contributed by atoms with E-state index in [-0.39, 0.29) is 5.25 Å². The predicted octanol–water partition coefficient (Wildman–Crippen LogP) is 6.40. The number of halogens is 2. The Kier molecular flexibility index (Phi) is 6.05. The molecule has 0 bridgehead atoms. The molecule has 0 saturated carbocycles. The van der Waals surface area contributed by atoms with Crippen LogP contribution in [0.4, 0.5) is 0 Å². The minimum Gasteiger partial charge on any atom is -0.419 e. The highest BCUT2D eigenvalue weighted by Crippen LogP contribution is 2.37. The summed E-state index contributed by atoms with van der Waals surface area (Å²) in [6, 6.07) is 9.18. The number of thiophene rings is 1. The van der Waals surface area contributed by atoms with Crippen molar-refractivity contribution in [3.05, 3.63) is 64.3 Å². The number of thioether (sulfide) groups is 1. The van der Waals surface area contributed by atoms with E-state index in [1.54, 1.807) is 29.5 Å². The third-order valence-electron chi connectivity index (χ3n) is 4.00. The molecule has 0 N–H and O–H groups in total. The number of hydrogen-bond acceptors (Lipinski definition) is 7. The van der Waals surface area contributed by atoms with Gasteiger partial charge in [-0.25, -0.2) is 0 Å². The van der Waals surface area contributed by atoms with Gasteiger partial charge in [-0.05, 0) is 36.6 Å². The molecule has 4 rings (SSSR count). The van der Waals surface area contributed by atoms with Gasteiger partial charge in [-0.1, -0.05) is 47.1 Å². The normalized spacial score (nSPS) is 12.2. The van der Waals surface area contributed by atoms with E-state index in [4.69, 9.17) is 27.6 Å². The van der Waals surface area contributed by atoms with Crippen LogP contribution in [0.15, 0.2) is 57.9 Å². The number of benzene rings is 1. The number of allylic oxidation sites excluding steroid dienone is 1. The van der Waals surface area contributed by atoms with Gasteiger partial charge in [0.1, 0.15) is 0 Å². The maximum absolute atomic E-state index is 6.37. The molecule has 0 spiro atoms. The summed E-state index contributed by atoms with van der Waals surface area (Å²) in [5.74, 6) is 1.69. The molecule has 0 aliphatic rings. The Morgan fingerprint density at radius 3 is 2.83 bits per heavy atom. The molecule has 0 saturated heterocycles. The van der Waals surface area contributed by atoms with Crippen molar-refractivity contribution in [2.24, 2.45) is 0 Å². The van der Waals surface area contributed by atoms with Crippen molar-refractivity contribution in [1.29, 1.82) is 0 Å². The van der Waals surface area contributed by atoms with Gasteiger partial charge in [0.05, 0.1) is 15.1 Å². The van der Waals surface area contributed by atoms with E-state index in [1.165, 1.54) is 11.8 Å². The first-order valence-electron chi connectivity index (χ1n) is 8.60. The second-order valence-electron chi connectivity index (χ2n) is 6.01. The smallest absolute Gasteiger partial charge is 0.257 e. The predicted molar refractivity (Wildman–Crippen MR) is 118 cm³/mol. The third-order valence-corrected chi connectivity index (χ3v) is 6.48. The maximum atomic E-state index is 6.37. The van der Waals surface area contributed by atoms with Crippen molar-refractivity contribution in [3.8, 4) is 22.2 Å². The number of aromatic nitrogens is 5. The molecule has 1 aromatic carbocycles. The molecule has 1 atom stereocenters. The molecule has 3 aromatic heterocycles. The summed E-state index contributed by atoms with van der Waals surface area (Å²) < 4.78 is 7.78. The summed E-state index contributed by atoms with van der Waals surface area (Å²) in [7, 11) is 0. The van der Waals surface area contributed by atoms with E-state index in [0.29, 0.717) is 39.4 Å². The Labute approximate surface area is 185 Å². The quantitative estimate of drug-likeness (QED) is 0.233. The van der Waals surface area contributed by atoms with Crippen molar-refractivity contribution in [3.63, 3.8) is 0 Å². The summed E-state index contributed by atoms with van der Waals surface area (Å²) in [6.07, 6.45) is 1.78. The van der Waals surface area contributed by atoms with E-state index in [1.807, 2.05) is 35.1 Å². The number of nitrogens with zero attached hydrogens (tertiary/aromatic N) is 5. The fraction of sp³-hybridized carbons (Fsp3) is 0.158. The second kappa shape index (κ2) is 8.71. The Bertz CT molecular complexity index is 1140. The third kappa shape index (κ3) is 4.25. The van der Waals surface area contributed by atoms with Gasteiger partial charge in [-0.2, -0.15) is 0 Å². The molecular weight excluding hydrogens is 449 g/mol. The lowest BCUT2D eigenvalue weighted by atomic mass is 10.2. The molecule has 4 aromatic rings. The van der Waals surface area contributed by atoms with Crippen molar-refractivity contribution in [2.75, 3.05) is 0 Å². The van der Waals surface area contributed by atoms with Crippen molar-refractivity contribution in [1.82, 2.24) is 25.0 Å². The summed E-state index contributed by atoms with van der Waals surface area (Å²) >= 11 is 15.4. The molecule has 0 aliphatic carbocycles. The number of rotatable bonds is 7. The molecular formula is C19H15Cl2N5OS2. The van der Waals surface area contributed by atoms with Gasteiger partial charge < -0.3 is 4.42 Å². The molecule has 0 aliphatic heterocycles. The van der Waals surface area contributed by atoms with Gasteiger partial charge in [0.25, 0.3) is 5.89 Å². The topological polar surface area (TPSA) is 69.6 Å². The molecule has 10 heteroatoms. The molecule has 29 heavy (non-hydrogen) atoms. The van der Waals surface area contributed by atoms with Crippen LogP contribution < -0.4 is 0 Å². The lowest BCUT2D eigenvalue weighted by Crippen LogP contribution is -2.02. The van der Waals surface area contributed by atoms with Gasteiger partial charge in [0.15, 0.2) is 11.0 Å². The molecule has 0 amide bonds. The first-order valence-corrected chi connectivity index (χ1v) is 11.1. The monoisotopic (exact) mass is 463 g/mol. The molecule has 148 valence electrons. The van der Waals surface area contributed by atoms with E-state index < -0.39 is 0 Å². The molecule has 6 nitrogen and oxygen atoms in total. The van der Waals surface area contributed by atoms with Crippen molar-refractivity contribution in [2.45, 2.75) is 23.9 Å². The summed E-state index contributed by atoms with van der Waals surface area (Å²) in [5.41, 5.74) is 0.752. The SMILES string of the molecule is C=CCn1c(SC(C)c2nnc(-c3cccs3)o2)nnc1-c1ccc(Cl)cc1Cl. The fourth-order valence-electron chi connectivity index (χ4n) is 2.65. The highest BCUT2D eigenvalue weighted by molar-refractivity contribution is 7.99. The molecule has 1 unspecified atom stereocenters. The lowest BCUT2D eigenvalue weighted by Gasteiger charge is -2.10. The summed E-state index contributed by atoms with van der Waals surface area (Å²) in [5, 5.41) is 20.7. The van der Waals surface area contributed by atoms with Crippen molar-refractivity contribution >= 4 is 46.3 Å². The highest BCUT2D eigenvalue weighted by atomic mass is 35.5. The Balaban J connectivity index is 1.62. The van der Waals surface area contributed by atoms with Crippen LogP contribution in [0.5, 0.6) is 0 Å². The minimum atomic E-state index is -0.113. The first kappa shape index (κ1) is 20.2.